The Bertz CT molecular complexity index is 978. The highest BCUT2D eigenvalue weighted by atomic mass is 35.5. The number of anilines is 1. The maximum atomic E-state index is 12.8. The highest BCUT2D eigenvalue weighted by molar-refractivity contribution is 7.89. The Hall–Kier alpha value is -2.00. The first-order valence-electron chi connectivity index (χ1n) is 9.99. The number of carbonyl (C=O) groups excluding carboxylic acids is 1. The number of unbranched alkanes of at least 4 members (excludes halogenated alkanes) is 1. The lowest BCUT2D eigenvalue weighted by atomic mass is 10.1. The molecule has 31 heavy (non-hydrogen) atoms. The molecule has 1 unspecified atom stereocenters. The predicted molar refractivity (Wildman–Crippen MR) is 128 cm³/mol. The van der Waals surface area contributed by atoms with Crippen LogP contribution in [0, 0.1) is 0 Å². The molecule has 1 atom stereocenters. The molecule has 2 rings (SSSR count). The second-order valence-electron chi connectivity index (χ2n) is 7.03. The van der Waals surface area contributed by atoms with E-state index in [2.05, 4.69) is 14.8 Å². The summed E-state index contributed by atoms with van der Waals surface area (Å²) in [5, 5.41) is 3.60. The van der Waals surface area contributed by atoms with E-state index in [-0.39, 0.29) is 10.9 Å². The van der Waals surface area contributed by atoms with Crippen LogP contribution in [0.2, 0.25) is 5.02 Å². The molecule has 0 spiro atoms. The van der Waals surface area contributed by atoms with Crippen LogP contribution in [0.4, 0.5) is 5.69 Å². The van der Waals surface area contributed by atoms with E-state index >= 15 is 0 Å². The molecule has 0 aliphatic carbocycles. The van der Waals surface area contributed by atoms with Crippen molar-refractivity contribution in [2.45, 2.75) is 50.0 Å². The Morgan fingerprint density at radius 3 is 2.35 bits per heavy atom. The molecule has 0 bridgehead atoms. The third kappa shape index (κ3) is 8.22. The van der Waals surface area contributed by atoms with E-state index in [1.807, 2.05) is 31.2 Å². The minimum Gasteiger partial charge on any atom is -0.469 e. The number of aryl methyl sites for hydroxylation is 1. The maximum Gasteiger partial charge on any atom is 0.305 e. The first-order valence-corrected chi connectivity index (χ1v) is 12.3. The molecule has 0 aromatic heterocycles. The van der Waals surface area contributed by atoms with Gasteiger partial charge in [-0.1, -0.05) is 55.7 Å². The van der Waals surface area contributed by atoms with Gasteiger partial charge < -0.3 is 10.1 Å². The average molecular weight is 483 g/mol. The zero-order valence-electron chi connectivity index (χ0n) is 17.6. The summed E-state index contributed by atoms with van der Waals surface area (Å²) in [5.41, 5.74) is 1.74. The Morgan fingerprint density at radius 2 is 1.77 bits per heavy atom. The summed E-state index contributed by atoms with van der Waals surface area (Å²) >= 11 is 11.4. The predicted octanol–water partition coefficient (Wildman–Crippen LogP) is 4.72. The van der Waals surface area contributed by atoms with Gasteiger partial charge in [0.05, 0.1) is 23.0 Å². The van der Waals surface area contributed by atoms with Gasteiger partial charge in [-0.15, -0.1) is 0 Å². The first-order chi connectivity index (χ1) is 14.7. The lowest BCUT2D eigenvalue weighted by molar-refractivity contribution is -0.140. The van der Waals surface area contributed by atoms with E-state index in [0.29, 0.717) is 29.3 Å². The Morgan fingerprint density at radius 1 is 1.13 bits per heavy atom. The van der Waals surface area contributed by atoms with Gasteiger partial charge in [-0.3, -0.25) is 4.79 Å². The van der Waals surface area contributed by atoms with Crippen molar-refractivity contribution < 1.29 is 17.9 Å². The Balaban J connectivity index is 2.07. The summed E-state index contributed by atoms with van der Waals surface area (Å²) in [5.74, 6) is -0.255. The van der Waals surface area contributed by atoms with E-state index in [4.69, 9.17) is 23.8 Å². The van der Waals surface area contributed by atoms with Gasteiger partial charge in [-0.05, 0) is 54.8 Å². The summed E-state index contributed by atoms with van der Waals surface area (Å²) in [7, 11) is -2.38. The standard InChI is InChI=1S/C22H27ClN2O4S2/c1-3-4-5-20(25-31(27,28)19-13-9-17(23)10-14-19)22(30)24-18-11-6-16(7-12-18)8-15-21(26)29-2/h6-7,9-14,20,25H,3-5,8,15H2,1-2H3,(H,24,30). The summed E-state index contributed by atoms with van der Waals surface area (Å²) in [6, 6.07) is 12.9. The van der Waals surface area contributed by atoms with E-state index in [0.717, 1.165) is 24.1 Å². The summed E-state index contributed by atoms with van der Waals surface area (Å²) in [4.78, 5) is 11.8. The van der Waals surface area contributed by atoms with Crippen LogP contribution < -0.4 is 10.0 Å². The Labute approximate surface area is 194 Å². The molecular formula is C22H27ClN2O4S2. The third-order valence-corrected chi connectivity index (χ3v) is 6.78. The summed E-state index contributed by atoms with van der Waals surface area (Å²) in [6.07, 6.45) is 3.20. The van der Waals surface area contributed by atoms with Gasteiger partial charge >= 0.3 is 5.97 Å². The fourth-order valence-electron chi connectivity index (χ4n) is 2.85. The molecule has 168 valence electrons. The van der Waals surface area contributed by atoms with Crippen LogP contribution in [0.25, 0.3) is 0 Å². The monoisotopic (exact) mass is 482 g/mol. The zero-order chi connectivity index (χ0) is 22.9. The quantitative estimate of drug-likeness (QED) is 0.356. The van der Waals surface area contributed by atoms with E-state index < -0.39 is 16.1 Å². The molecule has 0 aliphatic heterocycles. The number of hydrogen-bond donors (Lipinski definition) is 2. The van der Waals surface area contributed by atoms with Crippen LogP contribution in [0.15, 0.2) is 53.4 Å². The number of carbonyl (C=O) groups is 1. The van der Waals surface area contributed by atoms with Crippen LogP contribution in [-0.4, -0.2) is 32.5 Å². The number of halogens is 1. The second kappa shape index (κ2) is 12.1. The molecule has 0 aliphatic rings. The van der Waals surface area contributed by atoms with Gasteiger partial charge in [0.1, 0.15) is 0 Å². The maximum absolute atomic E-state index is 12.8. The van der Waals surface area contributed by atoms with Crippen molar-refractivity contribution in [3.8, 4) is 0 Å². The topological polar surface area (TPSA) is 84.5 Å². The average Bonchev–Trinajstić information content (AvgIpc) is 2.76. The number of benzene rings is 2. The largest absolute Gasteiger partial charge is 0.469 e. The minimum absolute atomic E-state index is 0.135. The van der Waals surface area contributed by atoms with Gasteiger partial charge in [-0.2, -0.15) is 0 Å². The number of nitrogens with one attached hydrogen (secondary N) is 2. The molecule has 0 saturated heterocycles. The van der Waals surface area contributed by atoms with E-state index in [1.54, 1.807) is 0 Å². The van der Waals surface area contributed by atoms with Crippen molar-refractivity contribution in [3.05, 3.63) is 59.1 Å². The molecule has 9 heteroatoms. The zero-order valence-corrected chi connectivity index (χ0v) is 19.9. The molecule has 0 heterocycles. The van der Waals surface area contributed by atoms with Gasteiger partial charge in [0.2, 0.25) is 10.0 Å². The fourth-order valence-corrected chi connectivity index (χ4v) is 4.59. The van der Waals surface area contributed by atoms with Crippen LogP contribution in [0.1, 0.15) is 38.2 Å². The molecule has 2 N–H and O–H groups in total. The lowest BCUT2D eigenvalue weighted by Gasteiger charge is -2.21. The van der Waals surface area contributed by atoms with E-state index in [9.17, 15) is 13.2 Å². The SMILES string of the molecule is CCCCC(NS(=O)(=O)c1ccc(Cl)cc1)C(=S)Nc1ccc(CCC(=O)OC)cc1. The van der Waals surface area contributed by atoms with Gasteiger partial charge in [0.25, 0.3) is 0 Å². The van der Waals surface area contributed by atoms with Crippen LogP contribution in [-0.2, 0) is 26.0 Å². The van der Waals surface area contributed by atoms with Gasteiger partial charge in [0.15, 0.2) is 0 Å². The number of hydrogen-bond acceptors (Lipinski definition) is 5. The number of thiocarbonyl (C=S) groups is 1. The fraction of sp³-hybridized carbons (Fsp3) is 0.364. The highest BCUT2D eigenvalue weighted by Crippen LogP contribution is 2.17. The Kier molecular flexibility index (Phi) is 9.90. The molecule has 2 aromatic carbocycles. The molecule has 0 radical (unpaired) electrons. The molecule has 6 nitrogen and oxygen atoms in total. The van der Waals surface area contributed by atoms with Crippen molar-refractivity contribution in [3.63, 3.8) is 0 Å². The third-order valence-electron chi connectivity index (χ3n) is 4.65. The lowest BCUT2D eigenvalue weighted by Crippen LogP contribution is -2.42. The number of ether oxygens (including phenoxy) is 1. The van der Waals surface area contributed by atoms with Crippen molar-refractivity contribution in [1.29, 1.82) is 0 Å². The summed E-state index contributed by atoms with van der Waals surface area (Å²) < 4.78 is 32.9. The van der Waals surface area contributed by atoms with Crippen molar-refractivity contribution in [1.82, 2.24) is 4.72 Å². The number of sulfonamides is 1. The van der Waals surface area contributed by atoms with E-state index in [1.165, 1.54) is 31.4 Å². The summed E-state index contributed by atoms with van der Waals surface area (Å²) in [6.45, 7) is 2.04. The molecule has 0 amide bonds. The molecule has 2 aromatic rings. The van der Waals surface area contributed by atoms with Gasteiger partial charge in [0, 0.05) is 17.1 Å². The van der Waals surface area contributed by atoms with Crippen LogP contribution in [0.5, 0.6) is 0 Å². The first kappa shape index (κ1) is 25.3. The molecule has 0 fully saturated rings. The molecule has 0 saturated carbocycles. The number of rotatable bonds is 11. The second-order valence-corrected chi connectivity index (χ2v) is 9.62. The highest BCUT2D eigenvalue weighted by Gasteiger charge is 2.23. The number of methoxy groups -OCH3 is 1. The minimum atomic E-state index is -3.75. The van der Waals surface area contributed by atoms with Crippen molar-refractivity contribution in [2.75, 3.05) is 12.4 Å². The smallest absolute Gasteiger partial charge is 0.305 e. The van der Waals surface area contributed by atoms with Crippen molar-refractivity contribution >= 4 is 50.5 Å². The number of esters is 1. The molecular weight excluding hydrogens is 456 g/mol. The van der Waals surface area contributed by atoms with Crippen molar-refractivity contribution in [2.24, 2.45) is 0 Å². The normalized spacial score (nSPS) is 12.2. The van der Waals surface area contributed by atoms with Crippen LogP contribution in [0.3, 0.4) is 0 Å². The van der Waals surface area contributed by atoms with Crippen LogP contribution >= 0.6 is 23.8 Å². The van der Waals surface area contributed by atoms with Gasteiger partial charge in [-0.25, -0.2) is 13.1 Å².